The van der Waals surface area contributed by atoms with E-state index in [0.29, 0.717) is 0 Å². The molecule has 0 bridgehead atoms. The summed E-state index contributed by atoms with van der Waals surface area (Å²) < 4.78 is 0. The van der Waals surface area contributed by atoms with Gasteiger partial charge in [-0.15, -0.1) is 0 Å². The Labute approximate surface area is 323 Å². The van der Waals surface area contributed by atoms with E-state index in [1.165, 1.54) is 157 Å². The number of allylic oxidation sites excluding steroid dienone is 2. The van der Waals surface area contributed by atoms with Crippen LogP contribution in [0.15, 0.2) is 58.5 Å². The van der Waals surface area contributed by atoms with Crippen molar-refractivity contribution < 1.29 is 0 Å². The van der Waals surface area contributed by atoms with Crippen LogP contribution in [0.3, 0.4) is 0 Å². The number of benzene rings is 2. The predicted octanol–water partition coefficient (Wildman–Crippen LogP) is 16.7. The molecular weight excluding hydrogens is 629 g/mol. The number of hydrogen-bond acceptors (Lipinski definition) is 2. The second-order valence-electron chi connectivity index (χ2n) is 15.4. The van der Waals surface area contributed by atoms with E-state index in [1.54, 1.807) is 0 Å². The van der Waals surface area contributed by atoms with Gasteiger partial charge in [-0.1, -0.05) is 188 Å². The topological polar surface area (TPSA) is 24.7 Å². The first-order valence-electron chi connectivity index (χ1n) is 22.7. The molecule has 0 aliphatic carbocycles. The van der Waals surface area contributed by atoms with Gasteiger partial charge < -0.3 is 0 Å². The lowest BCUT2D eigenvalue weighted by atomic mass is 10.0. The SMILES string of the molecule is CCCCCCCCCCCCCCCCCCCC/C=C/C(=Nc1ccc(CC)c(CC)c1)C(CCCCCC)=Nc1ccc(CC)c(CC)c1. The van der Waals surface area contributed by atoms with Crippen molar-refractivity contribution in [2.45, 2.75) is 221 Å². The van der Waals surface area contributed by atoms with Crippen LogP contribution >= 0.6 is 0 Å². The molecule has 0 fully saturated rings. The zero-order valence-corrected chi connectivity index (χ0v) is 35.3. The summed E-state index contributed by atoms with van der Waals surface area (Å²) in [6.45, 7) is 13.6. The molecule has 0 amide bonds. The summed E-state index contributed by atoms with van der Waals surface area (Å²) in [5, 5.41) is 0. The van der Waals surface area contributed by atoms with E-state index < -0.39 is 0 Å². The van der Waals surface area contributed by atoms with Gasteiger partial charge in [-0.25, -0.2) is 4.99 Å². The molecule has 2 aromatic rings. The number of hydrogen-bond donors (Lipinski definition) is 0. The second kappa shape index (κ2) is 30.9. The molecule has 2 heteroatoms. The molecule has 2 nitrogen and oxygen atoms in total. The molecule has 0 aliphatic rings. The highest BCUT2D eigenvalue weighted by molar-refractivity contribution is 6.47. The normalized spacial score (nSPS) is 12.4. The molecule has 52 heavy (non-hydrogen) atoms. The van der Waals surface area contributed by atoms with E-state index in [1.807, 2.05) is 0 Å². The number of nitrogens with zero attached hydrogens (tertiary/aromatic N) is 2. The standard InChI is InChI=1S/C50H82N2/c1-7-13-15-17-18-19-20-21-22-23-24-25-26-27-28-29-30-31-32-34-36-50(52-48-40-38-44(10-4)46(12-6)42-48)49(35-33-16-14-8-2)51-47-39-37-43(9-3)45(11-5)41-47/h34,36-42H,7-33,35H2,1-6H3/b36-34+,51-49?,52-50?. The average Bonchev–Trinajstić information content (AvgIpc) is 3.17. The van der Waals surface area contributed by atoms with Gasteiger partial charge in [0.05, 0.1) is 22.8 Å². The summed E-state index contributed by atoms with van der Waals surface area (Å²) in [5.41, 5.74) is 10.0. The minimum Gasteiger partial charge on any atom is -0.251 e. The van der Waals surface area contributed by atoms with Gasteiger partial charge in [0.25, 0.3) is 0 Å². The van der Waals surface area contributed by atoms with Crippen molar-refractivity contribution in [1.29, 1.82) is 0 Å². The van der Waals surface area contributed by atoms with Crippen LogP contribution in [0.2, 0.25) is 0 Å². The molecule has 0 N–H and O–H groups in total. The Kier molecular flexibility index (Phi) is 27.2. The maximum Gasteiger partial charge on any atom is 0.0848 e. The molecule has 0 aromatic heterocycles. The second-order valence-corrected chi connectivity index (χ2v) is 15.4. The Bertz CT molecular complexity index is 1270. The molecule has 0 atom stereocenters. The highest BCUT2D eigenvalue weighted by Gasteiger charge is 2.11. The average molecular weight is 711 g/mol. The fourth-order valence-corrected chi connectivity index (χ4v) is 7.52. The molecule has 2 rings (SSSR count). The summed E-state index contributed by atoms with van der Waals surface area (Å²) in [5.74, 6) is 0. The zero-order valence-electron chi connectivity index (χ0n) is 35.3. The fraction of sp³-hybridized carbons (Fsp3) is 0.680. The molecule has 2 aromatic carbocycles. The van der Waals surface area contributed by atoms with Gasteiger partial charge in [-0.05, 0) is 104 Å². The molecule has 0 saturated heterocycles. The summed E-state index contributed by atoms with van der Waals surface area (Å²) in [7, 11) is 0. The lowest BCUT2D eigenvalue weighted by Crippen LogP contribution is -2.12. The lowest BCUT2D eigenvalue weighted by molar-refractivity contribution is 0.525. The van der Waals surface area contributed by atoms with Crippen LogP contribution in [0.1, 0.15) is 218 Å². The highest BCUT2D eigenvalue weighted by Crippen LogP contribution is 2.24. The summed E-state index contributed by atoms with van der Waals surface area (Å²) in [4.78, 5) is 10.7. The maximum absolute atomic E-state index is 5.35. The van der Waals surface area contributed by atoms with Crippen molar-refractivity contribution in [1.82, 2.24) is 0 Å². The third-order valence-electron chi connectivity index (χ3n) is 11.0. The van der Waals surface area contributed by atoms with E-state index in [2.05, 4.69) is 90.1 Å². The van der Waals surface area contributed by atoms with E-state index in [0.717, 1.165) is 67.7 Å². The van der Waals surface area contributed by atoms with Crippen molar-refractivity contribution in [3.05, 3.63) is 70.8 Å². The number of unbranched alkanes of at least 4 members (excludes halogenated alkanes) is 21. The van der Waals surface area contributed by atoms with E-state index >= 15 is 0 Å². The van der Waals surface area contributed by atoms with Crippen molar-refractivity contribution >= 4 is 22.8 Å². The smallest absolute Gasteiger partial charge is 0.0848 e. The number of aliphatic imine (C=N–C) groups is 2. The van der Waals surface area contributed by atoms with E-state index in [-0.39, 0.29) is 0 Å². The first kappa shape index (κ1) is 45.7. The van der Waals surface area contributed by atoms with E-state index in [9.17, 15) is 0 Å². The molecule has 0 heterocycles. The molecule has 292 valence electrons. The quantitative estimate of drug-likeness (QED) is 0.0533. The van der Waals surface area contributed by atoms with E-state index in [4.69, 9.17) is 9.98 Å². The minimum absolute atomic E-state index is 0.965. The Morgan fingerprint density at radius 2 is 0.808 bits per heavy atom. The Balaban J connectivity index is 1.94. The zero-order chi connectivity index (χ0) is 37.5. The highest BCUT2D eigenvalue weighted by atomic mass is 14.8. The number of aryl methyl sites for hydroxylation is 4. The van der Waals surface area contributed by atoms with Gasteiger partial charge in [0, 0.05) is 0 Å². The monoisotopic (exact) mass is 711 g/mol. The largest absolute Gasteiger partial charge is 0.251 e. The Morgan fingerprint density at radius 1 is 0.423 bits per heavy atom. The van der Waals surface area contributed by atoms with Crippen LogP contribution in [0, 0.1) is 0 Å². The van der Waals surface area contributed by atoms with Gasteiger partial charge in [0.15, 0.2) is 0 Å². The fourth-order valence-electron chi connectivity index (χ4n) is 7.52. The summed E-state index contributed by atoms with van der Waals surface area (Å²) in [6, 6.07) is 13.6. The molecule has 0 spiro atoms. The lowest BCUT2D eigenvalue weighted by Gasteiger charge is -2.12. The van der Waals surface area contributed by atoms with Gasteiger partial charge in [-0.3, -0.25) is 4.99 Å². The maximum atomic E-state index is 5.35. The van der Waals surface area contributed by atoms with Crippen LogP contribution in [0.5, 0.6) is 0 Å². The van der Waals surface area contributed by atoms with Gasteiger partial charge >= 0.3 is 0 Å². The molecule has 0 aliphatic heterocycles. The Hall–Kier alpha value is -2.48. The third-order valence-corrected chi connectivity index (χ3v) is 11.0. The van der Waals surface area contributed by atoms with Crippen LogP contribution in [0.25, 0.3) is 0 Å². The minimum atomic E-state index is 0.965. The number of rotatable bonds is 32. The van der Waals surface area contributed by atoms with Crippen molar-refractivity contribution in [2.75, 3.05) is 0 Å². The van der Waals surface area contributed by atoms with Crippen LogP contribution in [-0.2, 0) is 25.7 Å². The molecule has 0 unspecified atom stereocenters. The van der Waals surface area contributed by atoms with Crippen molar-refractivity contribution in [2.24, 2.45) is 9.98 Å². The molecule has 0 saturated carbocycles. The third kappa shape index (κ3) is 20.1. The summed E-state index contributed by atoms with van der Waals surface area (Å²) in [6.07, 6.45) is 41.4. The van der Waals surface area contributed by atoms with Crippen molar-refractivity contribution in [3.8, 4) is 0 Å². The van der Waals surface area contributed by atoms with Gasteiger partial charge in [0.2, 0.25) is 0 Å². The molecule has 0 radical (unpaired) electrons. The first-order valence-corrected chi connectivity index (χ1v) is 22.7. The molecular formula is C50H82N2. The van der Waals surface area contributed by atoms with Crippen LogP contribution < -0.4 is 0 Å². The van der Waals surface area contributed by atoms with Crippen molar-refractivity contribution in [3.63, 3.8) is 0 Å². The first-order chi connectivity index (χ1) is 25.6. The Morgan fingerprint density at radius 3 is 1.23 bits per heavy atom. The predicted molar refractivity (Wildman–Crippen MR) is 236 cm³/mol. The van der Waals surface area contributed by atoms with Crippen LogP contribution in [-0.4, -0.2) is 11.4 Å². The van der Waals surface area contributed by atoms with Gasteiger partial charge in [-0.2, -0.15) is 0 Å². The van der Waals surface area contributed by atoms with Gasteiger partial charge in [0.1, 0.15) is 0 Å². The summed E-state index contributed by atoms with van der Waals surface area (Å²) >= 11 is 0. The van der Waals surface area contributed by atoms with Crippen LogP contribution in [0.4, 0.5) is 11.4 Å².